The van der Waals surface area contributed by atoms with Gasteiger partial charge in [-0.2, -0.15) is 0 Å². The highest BCUT2D eigenvalue weighted by atomic mass is 14.0. The summed E-state index contributed by atoms with van der Waals surface area (Å²) in [7, 11) is 0. The highest BCUT2D eigenvalue weighted by Gasteiger charge is 1.94. The molecule has 1 aromatic rings. The van der Waals surface area contributed by atoms with Gasteiger partial charge in [0.2, 0.25) is 0 Å². The van der Waals surface area contributed by atoms with Gasteiger partial charge in [-0.3, -0.25) is 0 Å². The van der Waals surface area contributed by atoms with Crippen LogP contribution >= 0.6 is 0 Å². The van der Waals surface area contributed by atoms with Crippen LogP contribution in [-0.2, 0) is 6.42 Å². The molecule has 0 aliphatic heterocycles. The van der Waals surface area contributed by atoms with Gasteiger partial charge < -0.3 is 0 Å². The maximum absolute atomic E-state index is 5.26. The smallest absolute Gasteiger partial charge is 0.0245 e. The van der Waals surface area contributed by atoms with Gasteiger partial charge in [0, 0.05) is 5.56 Å². The third-order valence-corrected chi connectivity index (χ3v) is 1.89. The Morgan fingerprint density at radius 2 is 2.18 bits per heavy atom. The van der Waals surface area contributed by atoms with Crippen molar-refractivity contribution in [3.05, 3.63) is 34.9 Å². The Morgan fingerprint density at radius 1 is 1.45 bits per heavy atom. The first-order chi connectivity index (χ1) is 5.27. The minimum atomic E-state index is 0.972. The molecule has 1 aromatic carbocycles. The fourth-order valence-electron chi connectivity index (χ4n) is 1.18. The average molecular weight is 144 g/mol. The zero-order valence-corrected chi connectivity index (χ0v) is 7.02. The van der Waals surface area contributed by atoms with Crippen LogP contribution in [-0.4, -0.2) is 0 Å². The predicted octanol–water partition coefficient (Wildman–Crippen LogP) is 2.54. The van der Waals surface area contributed by atoms with Crippen LogP contribution in [0.25, 0.3) is 0 Å². The molecular formula is C11H12. The number of rotatable bonds is 1. The lowest BCUT2D eigenvalue weighted by atomic mass is 10.0. The summed E-state index contributed by atoms with van der Waals surface area (Å²) in [5.41, 5.74) is 3.65. The van der Waals surface area contributed by atoms with Crippen LogP contribution in [0.1, 0.15) is 23.6 Å². The lowest BCUT2D eigenvalue weighted by Crippen LogP contribution is -1.86. The molecular weight excluding hydrogens is 132 g/mol. The molecule has 0 aliphatic rings. The molecule has 0 saturated carbocycles. The van der Waals surface area contributed by atoms with Gasteiger partial charge in [0.15, 0.2) is 0 Å². The standard InChI is InChI=1S/C11H12/c1-4-10-6-7-11(5-2)9(3)8-10/h1,6-8H,5H2,2-3H3. The van der Waals surface area contributed by atoms with Crippen molar-refractivity contribution in [2.75, 3.05) is 0 Å². The number of benzene rings is 1. The molecule has 0 fully saturated rings. The van der Waals surface area contributed by atoms with Crippen molar-refractivity contribution >= 4 is 0 Å². The van der Waals surface area contributed by atoms with Crippen LogP contribution < -0.4 is 0 Å². The molecule has 0 heteroatoms. The molecule has 0 unspecified atom stereocenters. The monoisotopic (exact) mass is 144 g/mol. The maximum Gasteiger partial charge on any atom is 0.0245 e. The van der Waals surface area contributed by atoms with Crippen molar-refractivity contribution in [3.63, 3.8) is 0 Å². The van der Waals surface area contributed by atoms with Gasteiger partial charge in [-0.25, -0.2) is 0 Å². The normalized spacial score (nSPS) is 9.18. The summed E-state index contributed by atoms with van der Waals surface area (Å²) in [5.74, 6) is 2.62. The molecule has 0 N–H and O–H groups in total. The second kappa shape index (κ2) is 3.25. The number of hydrogen-bond acceptors (Lipinski definition) is 0. The second-order valence-electron chi connectivity index (χ2n) is 2.64. The van der Waals surface area contributed by atoms with E-state index < -0.39 is 0 Å². The van der Waals surface area contributed by atoms with Gasteiger partial charge >= 0.3 is 0 Å². The van der Waals surface area contributed by atoms with E-state index in [2.05, 4.69) is 31.9 Å². The summed E-state index contributed by atoms with van der Waals surface area (Å²) in [6, 6.07) is 6.15. The van der Waals surface area contributed by atoms with Crippen LogP contribution in [0.5, 0.6) is 0 Å². The third kappa shape index (κ3) is 1.62. The molecule has 56 valence electrons. The molecule has 0 aromatic heterocycles. The molecule has 0 atom stereocenters. The minimum absolute atomic E-state index is 0.972. The molecule has 11 heavy (non-hydrogen) atoms. The molecule has 1 rings (SSSR count). The van der Waals surface area contributed by atoms with Crippen LogP contribution in [0.2, 0.25) is 0 Å². The summed E-state index contributed by atoms with van der Waals surface area (Å²) in [6.07, 6.45) is 6.34. The fourth-order valence-corrected chi connectivity index (χ4v) is 1.18. The number of hydrogen-bond donors (Lipinski definition) is 0. The summed E-state index contributed by atoms with van der Waals surface area (Å²) in [4.78, 5) is 0. The summed E-state index contributed by atoms with van der Waals surface area (Å²) >= 11 is 0. The van der Waals surface area contributed by atoms with E-state index in [-0.39, 0.29) is 0 Å². The molecule has 0 nitrogen and oxygen atoms in total. The van der Waals surface area contributed by atoms with Crippen LogP contribution in [0, 0.1) is 19.3 Å². The quantitative estimate of drug-likeness (QED) is 0.531. The van der Waals surface area contributed by atoms with Gasteiger partial charge in [0.1, 0.15) is 0 Å². The Labute approximate surface area is 68.3 Å². The first kappa shape index (κ1) is 7.88. The predicted molar refractivity (Wildman–Crippen MR) is 48.5 cm³/mol. The summed E-state index contributed by atoms with van der Waals surface area (Å²) < 4.78 is 0. The molecule has 0 saturated heterocycles. The third-order valence-electron chi connectivity index (χ3n) is 1.89. The van der Waals surface area contributed by atoms with E-state index in [1.165, 1.54) is 11.1 Å². The van der Waals surface area contributed by atoms with Crippen molar-refractivity contribution in [3.8, 4) is 12.3 Å². The first-order valence-electron chi connectivity index (χ1n) is 3.84. The average Bonchev–Trinajstić information content (AvgIpc) is 2.04. The molecule has 0 heterocycles. The highest BCUT2D eigenvalue weighted by molar-refractivity contribution is 5.39. The Kier molecular flexibility index (Phi) is 2.33. The zero-order chi connectivity index (χ0) is 8.27. The SMILES string of the molecule is C#Cc1ccc(CC)c(C)c1. The molecule has 0 bridgehead atoms. The van der Waals surface area contributed by atoms with Crippen molar-refractivity contribution in [2.24, 2.45) is 0 Å². The van der Waals surface area contributed by atoms with E-state index in [0.717, 1.165) is 12.0 Å². The Bertz CT molecular complexity index is 289. The van der Waals surface area contributed by atoms with Gasteiger partial charge in [0.05, 0.1) is 0 Å². The minimum Gasteiger partial charge on any atom is -0.115 e. The van der Waals surface area contributed by atoms with Crippen molar-refractivity contribution in [2.45, 2.75) is 20.3 Å². The van der Waals surface area contributed by atoms with E-state index in [1.54, 1.807) is 0 Å². The largest absolute Gasteiger partial charge is 0.115 e. The summed E-state index contributed by atoms with van der Waals surface area (Å²) in [6.45, 7) is 4.25. The van der Waals surface area contributed by atoms with Gasteiger partial charge in [0.25, 0.3) is 0 Å². The molecule has 0 spiro atoms. The van der Waals surface area contributed by atoms with E-state index in [1.807, 2.05) is 6.07 Å². The van der Waals surface area contributed by atoms with Crippen LogP contribution in [0.15, 0.2) is 18.2 Å². The fraction of sp³-hybridized carbons (Fsp3) is 0.273. The van der Waals surface area contributed by atoms with Gasteiger partial charge in [-0.1, -0.05) is 18.9 Å². The Hall–Kier alpha value is -1.22. The molecule has 0 aliphatic carbocycles. The van der Waals surface area contributed by atoms with Crippen molar-refractivity contribution < 1.29 is 0 Å². The highest BCUT2D eigenvalue weighted by Crippen LogP contribution is 2.10. The summed E-state index contributed by atoms with van der Waals surface area (Å²) in [5, 5.41) is 0. The first-order valence-corrected chi connectivity index (χ1v) is 3.84. The Morgan fingerprint density at radius 3 is 2.64 bits per heavy atom. The zero-order valence-electron chi connectivity index (χ0n) is 7.02. The maximum atomic E-state index is 5.26. The van der Waals surface area contributed by atoms with E-state index in [4.69, 9.17) is 6.42 Å². The van der Waals surface area contributed by atoms with E-state index in [0.29, 0.717) is 0 Å². The molecule has 0 radical (unpaired) electrons. The number of terminal acetylenes is 1. The van der Waals surface area contributed by atoms with Crippen LogP contribution in [0.4, 0.5) is 0 Å². The lowest BCUT2D eigenvalue weighted by molar-refractivity contribution is 1.11. The Balaban J connectivity index is 3.12. The van der Waals surface area contributed by atoms with Gasteiger partial charge in [-0.15, -0.1) is 6.42 Å². The van der Waals surface area contributed by atoms with Crippen molar-refractivity contribution in [1.82, 2.24) is 0 Å². The molecule has 0 amide bonds. The van der Waals surface area contributed by atoms with E-state index >= 15 is 0 Å². The topological polar surface area (TPSA) is 0 Å². The van der Waals surface area contributed by atoms with Crippen molar-refractivity contribution in [1.29, 1.82) is 0 Å². The lowest BCUT2D eigenvalue weighted by Gasteiger charge is -2.01. The van der Waals surface area contributed by atoms with Crippen LogP contribution in [0.3, 0.4) is 0 Å². The van der Waals surface area contributed by atoms with Gasteiger partial charge in [-0.05, 0) is 36.6 Å². The van der Waals surface area contributed by atoms with E-state index in [9.17, 15) is 0 Å². The second-order valence-corrected chi connectivity index (χ2v) is 2.64. The number of aryl methyl sites for hydroxylation is 2.